The van der Waals surface area contributed by atoms with Crippen molar-refractivity contribution >= 4 is 11.9 Å². The zero-order valence-corrected chi connectivity index (χ0v) is 11.1. The lowest BCUT2D eigenvalue weighted by molar-refractivity contribution is -0.297. The molecule has 2 aliphatic carbocycles. The summed E-state index contributed by atoms with van der Waals surface area (Å²) in [6.07, 6.45) is 4.67. The number of fused-ring (bicyclic) bond motifs is 2. The fourth-order valence-electron chi connectivity index (χ4n) is 3.62. The van der Waals surface area contributed by atoms with Crippen LogP contribution in [-0.2, 0) is 14.3 Å². The van der Waals surface area contributed by atoms with Gasteiger partial charge in [0.05, 0.1) is 5.97 Å². The predicted octanol–water partition coefficient (Wildman–Crippen LogP) is 1.05. The molecule has 0 spiro atoms. The third kappa shape index (κ3) is 1.84. The SMILES string of the molecule is CC1(C)[C@H]2CC[C@]1(C)[C@@H](OC(=O)C=CC(=O)[O-])C2. The van der Waals surface area contributed by atoms with E-state index in [1.165, 1.54) is 6.42 Å². The van der Waals surface area contributed by atoms with Gasteiger partial charge >= 0.3 is 5.97 Å². The number of rotatable bonds is 3. The molecule has 2 rings (SSSR count). The minimum atomic E-state index is -1.38. The first-order valence-electron chi connectivity index (χ1n) is 6.37. The van der Waals surface area contributed by atoms with Crippen molar-refractivity contribution in [1.82, 2.24) is 0 Å². The number of hydrogen-bond donors (Lipinski definition) is 0. The summed E-state index contributed by atoms with van der Waals surface area (Å²) >= 11 is 0. The molecular formula is C14H19O4-. The molecular weight excluding hydrogens is 232 g/mol. The summed E-state index contributed by atoms with van der Waals surface area (Å²) < 4.78 is 5.42. The van der Waals surface area contributed by atoms with E-state index in [2.05, 4.69) is 20.8 Å². The summed E-state index contributed by atoms with van der Waals surface area (Å²) in [6, 6.07) is 0. The summed E-state index contributed by atoms with van der Waals surface area (Å²) in [4.78, 5) is 21.8. The first-order chi connectivity index (χ1) is 8.27. The van der Waals surface area contributed by atoms with Crippen molar-refractivity contribution in [1.29, 1.82) is 0 Å². The lowest BCUT2D eigenvalue weighted by Gasteiger charge is -2.38. The van der Waals surface area contributed by atoms with Crippen molar-refractivity contribution in [3.05, 3.63) is 12.2 Å². The van der Waals surface area contributed by atoms with Crippen LogP contribution < -0.4 is 5.11 Å². The zero-order chi connectivity index (χ0) is 13.6. The molecule has 0 N–H and O–H groups in total. The van der Waals surface area contributed by atoms with Crippen LogP contribution in [0.5, 0.6) is 0 Å². The van der Waals surface area contributed by atoms with Crippen molar-refractivity contribution in [3.8, 4) is 0 Å². The maximum Gasteiger partial charge on any atom is 0.331 e. The van der Waals surface area contributed by atoms with E-state index in [0.717, 1.165) is 18.9 Å². The van der Waals surface area contributed by atoms with Gasteiger partial charge in [-0.2, -0.15) is 0 Å². The summed E-state index contributed by atoms with van der Waals surface area (Å²) in [7, 11) is 0. The van der Waals surface area contributed by atoms with Crippen LogP contribution in [0.15, 0.2) is 12.2 Å². The minimum absolute atomic E-state index is 0.00262. The van der Waals surface area contributed by atoms with Crippen LogP contribution in [0, 0.1) is 16.7 Å². The number of carbonyl (C=O) groups excluding carboxylic acids is 2. The Morgan fingerprint density at radius 2 is 1.94 bits per heavy atom. The molecule has 0 radical (unpaired) electrons. The quantitative estimate of drug-likeness (QED) is 0.555. The average molecular weight is 251 g/mol. The Hall–Kier alpha value is -1.32. The van der Waals surface area contributed by atoms with E-state index in [-0.39, 0.29) is 16.9 Å². The molecule has 0 heterocycles. The molecule has 0 amide bonds. The second-order valence-corrected chi connectivity index (χ2v) is 6.19. The topological polar surface area (TPSA) is 66.4 Å². The van der Waals surface area contributed by atoms with Gasteiger partial charge in [0, 0.05) is 11.5 Å². The number of ether oxygens (including phenoxy) is 1. The normalized spacial score (nSPS) is 37.1. The third-order valence-corrected chi connectivity index (χ3v) is 5.33. The number of hydrogen-bond acceptors (Lipinski definition) is 4. The minimum Gasteiger partial charge on any atom is -0.545 e. The number of carboxylic acids is 1. The molecule has 0 saturated heterocycles. The highest BCUT2D eigenvalue weighted by atomic mass is 16.5. The monoisotopic (exact) mass is 251 g/mol. The summed E-state index contributed by atoms with van der Waals surface area (Å²) in [5.41, 5.74) is 0.179. The largest absolute Gasteiger partial charge is 0.545 e. The number of carboxylic acid groups (broad SMARTS) is 1. The highest BCUT2D eigenvalue weighted by Crippen LogP contribution is 2.66. The van der Waals surface area contributed by atoms with Gasteiger partial charge in [0.25, 0.3) is 0 Å². The molecule has 2 aliphatic rings. The Labute approximate surface area is 107 Å². The lowest BCUT2D eigenvalue weighted by atomic mass is 9.70. The second kappa shape index (κ2) is 4.11. The van der Waals surface area contributed by atoms with E-state index in [4.69, 9.17) is 4.74 Å². The Bertz CT molecular complexity index is 410. The van der Waals surface area contributed by atoms with E-state index in [1.54, 1.807) is 0 Å². The van der Waals surface area contributed by atoms with Crippen LogP contribution in [0.4, 0.5) is 0 Å². The van der Waals surface area contributed by atoms with Gasteiger partial charge in [-0.25, -0.2) is 4.79 Å². The fraction of sp³-hybridized carbons (Fsp3) is 0.714. The van der Waals surface area contributed by atoms with Crippen LogP contribution in [0.25, 0.3) is 0 Å². The van der Waals surface area contributed by atoms with Gasteiger partial charge in [-0.15, -0.1) is 0 Å². The summed E-state index contributed by atoms with van der Waals surface area (Å²) in [5.74, 6) is -1.38. The summed E-state index contributed by atoms with van der Waals surface area (Å²) in [6.45, 7) is 6.63. The molecule has 0 aromatic carbocycles. The molecule has 2 saturated carbocycles. The first-order valence-corrected chi connectivity index (χ1v) is 6.37. The van der Waals surface area contributed by atoms with E-state index >= 15 is 0 Å². The van der Waals surface area contributed by atoms with Crippen molar-refractivity contribution < 1.29 is 19.4 Å². The number of esters is 1. The van der Waals surface area contributed by atoms with Gasteiger partial charge < -0.3 is 14.6 Å². The van der Waals surface area contributed by atoms with E-state index in [0.29, 0.717) is 12.0 Å². The van der Waals surface area contributed by atoms with Crippen LogP contribution in [0.1, 0.15) is 40.0 Å². The van der Waals surface area contributed by atoms with E-state index in [9.17, 15) is 14.7 Å². The first kappa shape index (κ1) is 13.1. The van der Waals surface area contributed by atoms with Crippen molar-refractivity contribution in [2.75, 3.05) is 0 Å². The standard InChI is InChI=1S/C14H20O4/c1-13(2)9-6-7-14(13,3)10(8-9)18-12(17)5-4-11(15)16/h4-5,9-10H,6-8H2,1-3H3,(H,15,16)/p-1/t9-,10-,14+/m0/s1. The lowest BCUT2D eigenvalue weighted by Crippen LogP contribution is -2.38. The van der Waals surface area contributed by atoms with Gasteiger partial charge in [-0.05, 0) is 36.7 Å². The molecule has 2 bridgehead atoms. The molecule has 0 aromatic rings. The van der Waals surface area contributed by atoms with Crippen LogP contribution in [0.2, 0.25) is 0 Å². The Morgan fingerprint density at radius 1 is 1.28 bits per heavy atom. The molecule has 0 unspecified atom stereocenters. The number of aliphatic carboxylic acids is 1. The molecule has 0 aliphatic heterocycles. The second-order valence-electron chi connectivity index (χ2n) is 6.19. The fourth-order valence-corrected chi connectivity index (χ4v) is 3.62. The van der Waals surface area contributed by atoms with Gasteiger partial charge in [0.2, 0.25) is 0 Å². The van der Waals surface area contributed by atoms with E-state index < -0.39 is 11.9 Å². The van der Waals surface area contributed by atoms with Gasteiger partial charge in [-0.1, -0.05) is 20.8 Å². The highest BCUT2D eigenvalue weighted by molar-refractivity contribution is 5.90. The molecule has 2 fully saturated rings. The van der Waals surface area contributed by atoms with Gasteiger partial charge in [0.1, 0.15) is 6.10 Å². The van der Waals surface area contributed by atoms with Crippen molar-refractivity contribution in [2.24, 2.45) is 16.7 Å². The molecule has 4 heteroatoms. The summed E-state index contributed by atoms with van der Waals surface area (Å²) in [5, 5.41) is 10.2. The van der Waals surface area contributed by atoms with Crippen molar-refractivity contribution in [3.63, 3.8) is 0 Å². The van der Waals surface area contributed by atoms with Crippen LogP contribution in [0.3, 0.4) is 0 Å². The maximum absolute atomic E-state index is 11.5. The Kier molecular flexibility index (Phi) is 2.99. The van der Waals surface area contributed by atoms with Crippen LogP contribution >= 0.6 is 0 Å². The van der Waals surface area contributed by atoms with Gasteiger partial charge in [-0.3, -0.25) is 0 Å². The average Bonchev–Trinajstić information content (AvgIpc) is 2.59. The van der Waals surface area contributed by atoms with Crippen LogP contribution in [-0.4, -0.2) is 18.0 Å². The third-order valence-electron chi connectivity index (χ3n) is 5.33. The molecule has 4 nitrogen and oxygen atoms in total. The Morgan fingerprint density at radius 3 is 2.39 bits per heavy atom. The molecule has 3 atom stereocenters. The van der Waals surface area contributed by atoms with Crippen molar-refractivity contribution in [2.45, 2.75) is 46.1 Å². The van der Waals surface area contributed by atoms with Gasteiger partial charge in [0.15, 0.2) is 0 Å². The highest BCUT2D eigenvalue weighted by Gasteiger charge is 2.62. The smallest absolute Gasteiger partial charge is 0.331 e. The van der Waals surface area contributed by atoms with E-state index in [1.807, 2.05) is 0 Å². The zero-order valence-electron chi connectivity index (χ0n) is 11.1. The Balaban J connectivity index is 2.05. The molecule has 0 aromatic heterocycles. The molecule has 100 valence electrons. The maximum atomic E-state index is 11.5. The molecule has 18 heavy (non-hydrogen) atoms. The number of carbonyl (C=O) groups is 2. The predicted molar refractivity (Wildman–Crippen MR) is 63.3 cm³/mol.